The van der Waals surface area contributed by atoms with Gasteiger partial charge in [-0.2, -0.15) is 10.2 Å². The molecule has 1 aromatic carbocycles. The van der Waals surface area contributed by atoms with Crippen molar-refractivity contribution in [3.8, 4) is 11.3 Å². The molecule has 0 radical (unpaired) electrons. The first-order valence-corrected chi connectivity index (χ1v) is 11.4. The van der Waals surface area contributed by atoms with Crippen molar-refractivity contribution in [2.75, 3.05) is 0 Å². The molecule has 29 heavy (non-hydrogen) atoms. The summed E-state index contributed by atoms with van der Waals surface area (Å²) in [7, 11) is 0. The van der Waals surface area contributed by atoms with Crippen molar-refractivity contribution in [3.63, 3.8) is 0 Å². The molecule has 0 bridgehead atoms. The summed E-state index contributed by atoms with van der Waals surface area (Å²) in [6, 6.07) is 6.95. The summed E-state index contributed by atoms with van der Waals surface area (Å²) in [5.74, 6) is -0.00152. The van der Waals surface area contributed by atoms with Crippen LogP contribution in [0.15, 0.2) is 24.3 Å². The van der Waals surface area contributed by atoms with Crippen molar-refractivity contribution >= 4 is 0 Å². The summed E-state index contributed by atoms with van der Waals surface area (Å²) in [5, 5.41) is 8.21. The highest BCUT2D eigenvalue weighted by atomic mass is 19.2. The molecule has 1 aliphatic rings. The minimum Gasteiger partial charge on any atom is -0.203 e. The number of aromatic nitrogens is 2. The molecule has 0 amide bonds. The quantitative estimate of drug-likeness (QED) is 0.441. The predicted octanol–water partition coefficient (Wildman–Crippen LogP) is 7.30. The number of nitrogens with zero attached hydrogens (tertiary/aromatic N) is 2. The van der Waals surface area contributed by atoms with Crippen LogP contribution >= 0.6 is 0 Å². The molecule has 158 valence electrons. The second-order valence-corrected chi connectivity index (χ2v) is 8.63. The number of unbranched alkanes of at least 4 members (excludes halogenated alkanes) is 1. The van der Waals surface area contributed by atoms with Gasteiger partial charge in [0.1, 0.15) is 0 Å². The third-order valence-electron chi connectivity index (χ3n) is 6.42. The molecule has 2 aromatic rings. The van der Waals surface area contributed by atoms with Crippen molar-refractivity contribution < 1.29 is 8.78 Å². The van der Waals surface area contributed by atoms with Crippen molar-refractivity contribution in [3.05, 3.63) is 47.2 Å². The molecule has 1 aliphatic carbocycles. The smallest absolute Gasteiger partial charge is 0.168 e. The Balaban J connectivity index is 1.58. The molecule has 0 spiro atoms. The molecule has 0 aliphatic heterocycles. The second kappa shape index (κ2) is 10.8. The minimum absolute atomic E-state index is 0.193. The Kier molecular flexibility index (Phi) is 8.14. The largest absolute Gasteiger partial charge is 0.203 e. The molecule has 2 nitrogen and oxygen atoms in total. The summed E-state index contributed by atoms with van der Waals surface area (Å²) < 4.78 is 29.4. The fourth-order valence-corrected chi connectivity index (χ4v) is 4.53. The van der Waals surface area contributed by atoms with E-state index in [2.05, 4.69) is 24.0 Å². The molecule has 3 rings (SSSR count). The van der Waals surface area contributed by atoms with Crippen LogP contribution in [0.5, 0.6) is 0 Å². The first-order chi connectivity index (χ1) is 14.1. The topological polar surface area (TPSA) is 25.8 Å². The predicted molar refractivity (Wildman–Crippen MR) is 115 cm³/mol. The van der Waals surface area contributed by atoms with Gasteiger partial charge < -0.3 is 0 Å². The fraction of sp³-hybridized carbons (Fsp3) is 0.600. The van der Waals surface area contributed by atoms with Crippen LogP contribution in [0.1, 0.15) is 82.9 Å². The molecule has 1 fully saturated rings. The monoisotopic (exact) mass is 400 g/mol. The fourth-order valence-electron chi connectivity index (χ4n) is 4.53. The summed E-state index contributed by atoms with van der Waals surface area (Å²) in [5.41, 5.74) is 1.93. The van der Waals surface area contributed by atoms with Gasteiger partial charge in [0.25, 0.3) is 0 Å². The highest BCUT2D eigenvalue weighted by Gasteiger charge is 2.22. The molecule has 1 aromatic heterocycles. The number of hydrogen-bond acceptors (Lipinski definition) is 2. The lowest BCUT2D eigenvalue weighted by Gasteiger charge is -2.28. The maximum absolute atomic E-state index is 14.7. The van der Waals surface area contributed by atoms with Crippen LogP contribution in [0.4, 0.5) is 8.78 Å². The Morgan fingerprint density at radius 1 is 0.793 bits per heavy atom. The van der Waals surface area contributed by atoms with E-state index in [1.54, 1.807) is 18.2 Å². The van der Waals surface area contributed by atoms with E-state index in [0.717, 1.165) is 30.9 Å². The maximum Gasteiger partial charge on any atom is 0.168 e. The van der Waals surface area contributed by atoms with E-state index in [4.69, 9.17) is 0 Å². The first-order valence-electron chi connectivity index (χ1n) is 11.4. The minimum atomic E-state index is -0.802. The molecular weight excluding hydrogens is 366 g/mol. The molecular formula is C25H34F2N2. The Hall–Kier alpha value is -1.84. The SMILES string of the molecule is CCCCC1CCC(CCc2ccc(-c3ccc(CCC)nn3)c(F)c2F)CC1. The lowest BCUT2D eigenvalue weighted by Crippen LogP contribution is -2.15. The van der Waals surface area contributed by atoms with Gasteiger partial charge in [0.2, 0.25) is 0 Å². The number of halogens is 2. The molecule has 1 saturated carbocycles. The Morgan fingerprint density at radius 2 is 1.52 bits per heavy atom. The average molecular weight is 401 g/mol. The maximum atomic E-state index is 14.7. The van der Waals surface area contributed by atoms with E-state index >= 15 is 0 Å². The number of hydrogen-bond donors (Lipinski definition) is 0. The van der Waals surface area contributed by atoms with Gasteiger partial charge >= 0.3 is 0 Å². The third kappa shape index (κ3) is 5.83. The first kappa shape index (κ1) is 21.9. The lowest BCUT2D eigenvalue weighted by atomic mass is 9.78. The standard InChI is InChI=1S/C25H34F2N2/c1-3-5-7-18-8-10-19(11-9-18)12-13-20-14-16-22(25(27)24(20)26)23-17-15-21(6-4-2)28-29-23/h14-19H,3-13H2,1-2H3. The van der Waals surface area contributed by atoms with Crippen molar-refractivity contribution in [2.24, 2.45) is 11.8 Å². The van der Waals surface area contributed by atoms with Crippen molar-refractivity contribution in [1.29, 1.82) is 0 Å². The molecule has 0 unspecified atom stereocenters. The molecule has 0 saturated heterocycles. The van der Waals surface area contributed by atoms with Gasteiger partial charge in [-0.3, -0.25) is 0 Å². The lowest BCUT2D eigenvalue weighted by molar-refractivity contribution is 0.249. The van der Waals surface area contributed by atoms with E-state index in [1.807, 2.05) is 6.07 Å². The average Bonchev–Trinajstić information content (AvgIpc) is 2.75. The summed E-state index contributed by atoms with van der Waals surface area (Å²) in [6.45, 7) is 4.32. The van der Waals surface area contributed by atoms with Gasteiger partial charge in [-0.25, -0.2) is 8.78 Å². The van der Waals surface area contributed by atoms with Gasteiger partial charge in [-0.1, -0.05) is 71.3 Å². The van der Waals surface area contributed by atoms with Crippen LogP contribution in [0.25, 0.3) is 11.3 Å². The van der Waals surface area contributed by atoms with Crippen LogP contribution in [-0.2, 0) is 12.8 Å². The van der Waals surface area contributed by atoms with Gasteiger partial charge in [0.15, 0.2) is 11.6 Å². The normalized spacial score (nSPS) is 19.4. The highest BCUT2D eigenvalue weighted by Crippen LogP contribution is 2.34. The summed E-state index contributed by atoms with van der Waals surface area (Å²) >= 11 is 0. The van der Waals surface area contributed by atoms with Crippen LogP contribution in [0.3, 0.4) is 0 Å². The van der Waals surface area contributed by atoms with Gasteiger partial charge in [0.05, 0.1) is 11.4 Å². The van der Waals surface area contributed by atoms with Crippen LogP contribution in [0.2, 0.25) is 0 Å². The second-order valence-electron chi connectivity index (χ2n) is 8.63. The summed E-state index contributed by atoms with van der Waals surface area (Å²) in [6.07, 6.45) is 12.4. The summed E-state index contributed by atoms with van der Waals surface area (Å²) in [4.78, 5) is 0. The van der Waals surface area contributed by atoms with Crippen LogP contribution in [0, 0.1) is 23.5 Å². The van der Waals surface area contributed by atoms with E-state index in [-0.39, 0.29) is 5.56 Å². The van der Waals surface area contributed by atoms with Crippen molar-refractivity contribution in [1.82, 2.24) is 10.2 Å². The Morgan fingerprint density at radius 3 is 2.14 bits per heavy atom. The number of aryl methyl sites for hydroxylation is 2. The van der Waals surface area contributed by atoms with E-state index < -0.39 is 11.6 Å². The zero-order valence-corrected chi connectivity index (χ0v) is 17.9. The van der Waals surface area contributed by atoms with E-state index in [0.29, 0.717) is 23.6 Å². The number of rotatable bonds is 9. The van der Waals surface area contributed by atoms with Crippen molar-refractivity contribution in [2.45, 2.75) is 84.5 Å². The zero-order valence-electron chi connectivity index (χ0n) is 17.9. The molecule has 0 N–H and O–H groups in total. The van der Waals surface area contributed by atoms with Crippen LogP contribution < -0.4 is 0 Å². The zero-order chi connectivity index (χ0) is 20.6. The van der Waals surface area contributed by atoms with E-state index in [1.165, 1.54) is 44.9 Å². The molecule has 4 heteroatoms. The van der Waals surface area contributed by atoms with Gasteiger partial charge in [-0.05, 0) is 54.9 Å². The molecule has 0 atom stereocenters. The number of benzene rings is 1. The van der Waals surface area contributed by atoms with Gasteiger partial charge in [0, 0.05) is 5.56 Å². The third-order valence-corrected chi connectivity index (χ3v) is 6.42. The molecule has 1 heterocycles. The highest BCUT2D eigenvalue weighted by molar-refractivity contribution is 5.60. The van der Waals surface area contributed by atoms with Crippen LogP contribution in [-0.4, -0.2) is 10.2 Å². The Bertz CT molecular complexity index is 765. The van der Waals surface area contributed by atoms with Gasteiger partial charge in [-0.15, -0.1) is 0 Å². The van der Waals surface area contributed by atoms with E-state index in [9.17, 15) is 8.78 Å². The Labute approximate surface area is 174 Å².